The van der Waals surface area contributed by atoms with Gasteiger partial charge in [0, 0.05) is 32.4 Å². The van der Waals surface area contributed by atoms with Gasteiger partial charge in [-0.1, -0.05) is 23.4 Å². The van der Waals surface area contributed by atoms with Crippen molar-refractivity contribution in [1.82, 2.24) is 19.9 Å². The van der Waals surface area contributed by atoms with Crippen LogP contribution in [0, 0.1) is 0 Å². The van der Waals surface area contributed by atoms with E-state index < -0.39 is 6.10 Å². The van der Waals surface area contributed by atoms with Crippen LogP contribution in [0.25, 0.3) is 0 Å². The van der Waals surface area contributed by atoms with Crippen molar-refractivity contribution in [3.63, 3.8) is 0 Å². The van der Waals surface area contributed by atoms with Gasteiger partial charge in [0.2, 0.25) is 0 Å². The lowest BCUT2D eigenvalue weighted by Crippen LogP contribution is -2.34. The molecule has 0 unspecified atom stereocenters. The number of carbonyl (C=O) groups is 1. The van der Waals surface area contributed by atoms with E-state index in [9.17, 15) is 9.90 Å². The quantitative estimate of drug-likeness (QED) is 0.845. The zero-order valence-electron chi connectivity index (χ0n) is 14.1. The SMILES string of the molecule is CN1CCN(C(=O)c2cn([C@@H]3COC[C@H]3O)nn2)Cc2ccccc21. The zero-order valence-corrected chi connectivity index (χ0v) is 14.1. The maximum atomic E-state index is 12.9. The van der Waals surface area contributed by atoms with Gasteiger partial charge in [0.1, 0.15) is 12.1 Å². The highest BCUT2D eigenvalue weighted by Gasteiger charge is 2.30. The van der Waals surface area contributed by atoms with Gasteiger partial charge in [-0.25, -0.2) is 4.68 Å². The molecule has 3 heterocycles. The third-order valence-electron chi connectivity index (χ3n) is 4.85. The first-order valence-corrected chi connectivity index (χ1v) is 8.39. The number of hydrogen-bond acceptors (Lipinski definition) is 6. The number of aliphatic hydroxyl groups is 1. The lowest BCUT2D eigenvalue weighted by atomic mass is 10.1. The van der Waals surface area contributed by atoms with E-state index in [0.717, 1.165) is 17.8 Å². The molecule has 2 aromatic rings. The molecule has 0 saturated carbocycles. The van der Waals surface area contributed by atoms with E-state index in [1.165, 1.54) is 4.68 Å². The molecule has 1 saturated heterocycles. The molecule has 2 aliphatic rings. The summed E-state index contributed by atoms with van der Waals surface area (Å²) in [4.78, 5) is 16.8. The number of likely N-dealkylation sites (N-methyl/N-ethyl adjacent to an activating group) is 1. The predicted octanol–water partition coefficient (Wildman–Crippen LogP) is 0.303. The van der Waals surface area contributed by atoms with Gasteiger partial charge in [-0.3, -0.25) is 4.79 Å². The summed E-state index contributed by atoms with van der Waals surface area (Å²) in [6.45, 7) is 2.57. The standard InChI is InChI=1S/C17H21N5O3/c1-20-6-7-21(8-12-4-2-3-5-14(12)20)17(24)13-9-22(19-18-13)15-10-25-11-16(15)23/h2-5,9,15-16,23H,6-8,10-11H2,1H3/t15-,16-/m1/s1. The number of carbonyl (C=O) groups excluding carboxylic acids is 1. The summed E-state index contributed by atoms with van der Waals surface area (Å²) in [7, 11) is 2.03. The Morgan fingerprint density at radius 1 is 1.28 bits per heavy atom. The molecule has 1 fully saturated rings. The fourth-order valence-electron chi connectivity index (χ4n) is 3.35. The van der Waals surface area contributed by atoms with E-state index in [-0.39, 0.29) is 18.6 Å². The van der Waals surface area contributed by atoms with Crippen LogP contribution in [-0.4, -0.2) is 70.4 Å². The average Bonchev–Trinajstić information content (AvgIpc) is 3.23. The Morgan fingerprint density at radius 2 is 2.12 bits per heavy atom. The van der Waals surface area contributed by atoms with Crippen molar-refractivity contribution < 1.29 is 14.6 Å². The summed E-state index contributed by atoms with van der Waals surface area (Å²) in [6, 6.07) is 7.82. The van der Waals surface area contributed by atoms with Crippen LogP contribution in [0.2, 0.25) is 0 Å². The molecule has 1 aromatic carbocycles. The molecule has 132 valence electrons. The van der Waals surface area contributed by atoms with Crippen LogP contribution < -0.4 is 4.90 Å². The number of para-hydroxylation sites is 1. The molecule has 8 heteroatoms. The smallest absolute Gasteiger partial charge is 0.276 e. The number of rotatable bonds is 2. The number of aromatic nitrogens is 3. The minimum Gasteiger partial charge on any atom is -0.388 e. The van der Waals surface area contributed by atoms with Gasteiger partial charge >= 0.3 is 0 Å². The number of ether oxygens (including phenoxy) is 1. The Kier molecular flexibility index (Phi) is 4.14. The van der Waals surface area contributed by atoms with Crippen molar-refractivity contribution in [2.75, 3.05) is 38.3 Å². The molecule has 2 aliphatic heterocycles. The van der Waals surface area contributed by atoms with Crippen LogP contribution >= 0.6 is 0 Å². The fourth-order valence-corrected chi connectivity index (χ4v) is 3.35. The summed E-state index contributed by atoms with van der Waals surface area (Å²) in [5.41, 5.74) is 2.55. The van der Waals surface area contributed by atoms with Crippen LogP contribution in [0.5, 0.6) is 0 Å². The van der Waals surface area contributed by atoms with Crippen molar-refractivity contribution in [3.8, 4) is 0 Å². The number of hydrogen-bond donors (Lipinski definition) is 1. The van der Waals surface area contributed by atoms with Crippen molar-refractivity contribution in [1.29, 1.82) is 0 Å². The fraction of sp³-hybridized carbons (Fsp3) is 0.471. The van der Waals surface area contributed by atoms with Gasteiger partial charge in [-0.05, 0) is 11.6 Å². The normalized spacial score (nSPS) is 23.4. The minimum atomic E-state index is -0.622. The second kappa shape index (κ2) is 6.45. The van der Waals surface area contributed by atoms with E-state index in [0.29, 0.717) is 25.4 Å². The molecular weight excluding hydrogens is 322 g/mol. The molecule has 1 aromatic heterocycles. The summed E-state index contributed by atoms with van der Waals surface area (Å²) < 4.78 is 6.77. The number of amides is 1. The molecule has 0 spiro atoms. The van der Waals surface area contributed by atoms with E-state index in [4.69, 9.17) is 4.74 Å². The number of benzene rings is 1. The van der Waals surface area contributed by atoms with E-state index in [1.807, 2.05) is 25.2 Å². The monoisotopic (exact) mass is 343 g/mol. The lowest BCUT2D eigenvalue weighted by Gasteiger charge is -2.19. The Labute approximate surface area is 145 Å². The molecule has 2 atom stereocenters. The third kappa shape index (κ3) is 2.98. The number of anilines is 1. The van der Waals surface area contributed by atoms with Crippen LogP contribution in [0.1, 0.15) is 22.1 Å². The maximum absolute atomic E-state index is 12.9. The van der Waals surface area contributed by atoms with Crippen molar-refractivity contribution in [3.05, 3.63) is 41.7 Å². The van der Waals surface area contributed by atoms with Crippen LogP contribution in [0.3, 0.4) is 0 Å². The Hall–Kier alpha value is -2.45. The van der Waals surface area contributed by atoms with Crippen molar-refractivity contribution in [2.24, 2.45) is 0 Å². The second-order valence-corrected chi connectivity index (χ2v) is 6.53. The van der Waals surface area contributed by atoms with E-state index in [1.54, 1.807) is 11.1 Å². The van der Waals surface area contributed by atoms with Crippen LogP contribution in [0.15, 0.2) is 30.5 Å². The van der Waals surface area contributed by atoms with Crippen molar-refractivity contribution in [2.45, 2.75) is 18.7 Å². The molecule has 0 aliphatic carbocycles. The minimum absolute atomic E-state index is 0.148. The highest BCUT2D eigenvalue weighted by Crippen LogP contribution is 2.24. The average molecular weight is 343 g/mol. The zero-order chi connectivity index (χ0) is 17.4. The summed E-state index contributed by atoms with van der Waals surface area (Å²) in [6.07, 6.45) is 0.981. The van der Waals surface area contributed by atoms with Gasteiger partial charge in [0.25, 0.3) is 5.91 Å². The Bertz CT molecular complexity index is 777. The molecular formula is C17H21N5O3. The topological polar surface area (TPSA) is 83.7 Å². The highest BCUT2D eigenvalue weighted by molar-refractivity contribution is 5.92. The molecule has 25 heavy (non-hydrogen) atoms. The van der Waals surface area contributed by atoms with Gasteiger partial charge in [-0.15, -0.1) is 5.10 Å². The second-order valence-electron chi connectivity index (χ2n) is 6.53. The predicted molar refractivity (Wildman–Crippen MR) is 90.3 cm³/mol. The van der Waals surface area contributed by atoms with Gasteiger partial charge in [-0.2, -0.15) is 0 Å². The van der Waals surface area contributed by atoms with Gasteiger partial charge in [0.05, 0.1) is 19.4 Å². The number of fused-ring (bicyclic) bond motifs is 1. The van der Waals surface area contributed by atoms with Gasteiger partial charge in [0.15, 0.2) is 5.69 Å². The van der Waals surface area contributed by atoms with E-state index in [2.05, 4.69) is 21.3 Å². The Morgan fingerprint density at radius 3 is 2.92 bits per heavy atom. The van der Waals surface area contributed by atoms with Crippen LogP contribution in [0.4, 0.5) is 5.69 Å². The van der Waals surface area contributed by atoms with Crippen molar-refractivity contribution >= 4 is 11.6 Å². The molecule has 1 amide bonds. The summed E-state index contributed by atoms with van der Waals surface area (Å²) in [5, 5.41) is 17.9. The third-order valence-corrected chi connectivity index (χ3v) is 4.85. The van der Waals surface area contributed by atoms with Crippen LogP contribution in [-0.2, 0) is 11.3 Å². The summed E-state index contributed by atoms with van der Waals surface area (Å²) >= 11 is 0. The molecule has 1 N–H and O–H groups in total. The number of aliphatic hydroxyl groups excluding tert-OH is 1. The molecule has 0 bridgehead atoms. The Balaban J connectivity index is 1.54. The summed E-state index contributed by atoms with van der Waals surface area (Å²) in [5.74, 6) is -0.148. The lowest BCUT2D eigenvalue weighted by molar-refractivity contribution is 0.0745. The molecule has 8 nitrogen and oxygen atoms in total. The maximum Gasteiger partial charge on any atom is 0.276 e. The first-order valence-electron chi connectivity index (χ1n) is 8.39. The largest absolute Gasteiger partial charge is 0.388 e. The highest BCUT2D eigenvalue weighted by atomic mass is 16.5. The number of nitrogens with zero attached hydrogens (tertiary/aromatic N) is 5. The molecule has 4 rings (SSSR count). The first-order chi connectivity index (χ1) is 12.1. The molecule has 0 radical (unpaired) electrons. The van der Waals surface area contributed by atoms with Gasteiger partial charge < -0.3 is 19.6 Å². The van der Waals surface area contributed by atoms with E-state index >= 15 is 0 Å². The first kappa shape index (κ1) is 16.0.